The average Bonchev–Trinajstić information content (AvgIpc) is 2.88. The highest BCUT2D eigenvalue weighted by Crippen LogP contribution is 2.36. The Morgan fingerprint density at radius 2 is 1.93 bits per heavy atom. The van der Waals surface area contributed by atoms with Crippen molar-refractivity contribution in [2.75, 3.05) is 6.61 Å². The van der Waals surface area contributed by atoms with Crippen LogP contribution in [0.3, 0.4) is 0 Å². The van der Waals surface area contributed by atoms with Crippen molar-refractivity contribution in [1.82, 2.24) is 0 Å². The fraction of sp³-hybridized carbons (Fsp3) is 0.773. The minimum absolute atomic E-state index is 0.0172. The largest absolute Gasteiger partial charge is 0.466 e. The van der Waals surface area contributed by atoms with Crippen LogP contribution in [0.1, 0.15) is 71.6 Å². The van der Waals surface area contributed by atoms with Gasteiger partial charge in [0.2, 0.25) is 0 Å². The van der Waals surface area contributed by atoms with Crippen LogP contribution >= 0.6 is 0 Å². The SMILES string of the molecule is CCCCC[C@H](O)/C=C/[C@@H]1[C@@H](C/C=C\CCCCOC(C)=O)[C@@H](O)C[C@H]1O. The van der Waals surface area contributed by atoms with Crippen molar-refractivity contribution in [1.29, 1.82) is 0 Å². The van der Waals surface area contributed by atoms with Gasteiger partial charge in [-0.3, -0.25) is 4.79 Å². The van der Waals surface area contributed by atoms with Crippen LogP contribution in [-0.2, 0) is 9.53 Å². The minimum atomic E-state index is -0.554. The Hall–Kier alpha value is -1.17. The number of ether oxygens (including phenoxy) is 1. The summed E-state index contributed by atoms with van der Waals surface area (Å²) in [6, 6.07) is 0. The molecule has 5 nitrogen and oxygen atoms in total. The van der Waals surface area contributed by atoms with Crippen molar-refractivity contribution < 1.29 is 24.9 Å². The third kappa shape index (κ3) is 10.1. The number of rotatable bonds is 13. The lowest BCUT2D eigenvalue weighted by Gasteiger charge is -2.19. The molecular formula is C22H38O5. The number of carbonyl (C=O) groups excluding carboxylic acids is 1. The van der Waals surface area contributed by atoms with Gasteiger partial charge < -0.3 is 20.1 Å². The molecule has 156 valence electrons. The van der Waals surface area contributed by atoms with E-state index in [1.807, 2.05) is 6.08 Å². The second-order valence-electron chi connectivity index (χ2n) is 7.60. The molecule has 0 heterocycles. The van der Waals surface area contributed by atoms with Gasteiger partial charge in [-0.2, -0.15) is 0 Å². The molecule has 1 saturated carbocycles. The van der Waals surface area contributed by atoms with E-state index in [1.165, 1.54) is 6.92 Å². The predicted molar refractivity (Wildman–Crippen MR) is 107 cm³/mol. The third-order valence-corrected chi connectivity index (χ3v) is 5.22. The first-order valence-electron chi connectivity index (χ1n) is 10.5. The van der Waals surface area contributed by atoms with Crippen LogP contribution in [-0.4, -0.2) is 46.2 Å². The Balaban J connectivity index is 2.37. The van der Waals surface area contributed by atoms with Crippen molar-refractivity contribution in [3.05, 3.63) is 24.3 Å². The van der Waals surface area contributed by atoms with Crippen LogP contribution in [0.15, 0.2) is 24.3 Å². The van der Waals surface area contributed by atoms with Gasteiger partial charge in [0, 0.05) is 19.3 Å². The highest BCUT2D eigenvalue weighted by molar-refractivity contribution is 5.65. The van der Waals surface area contributed by atoms with E-state index < -0.39 is 18.3 Å². The van der Waals surface area contributed by atoms with Gasteiger partial charge in [-0.1, -0.05) is 50.5 Å². The summed E-state index contributed by atoms with van der Waals surface area (Å²) in [6.07, 6.45) is 14.1. The number of allylic oxidation sites excluding steroid dienone is 2. The summed E-state index contributed by atoms with van der Waals surface area (Å²) in [5, 5.41) is 30.5. The zero-order valence-electron chi connectivity index (χ0n) is 16.9. The van der Waals surface area contributed by atoms with Gasteiger partial charge in [-0.15, -0.1) is 0 Å². The van der Waals surface area contributed by atoms with E-state index in [-0.39, 0.29) is 17.8 Å². The van der Waals surface area contributed by atoms with Crippen LogP contribution < -0.4 is 0 Å². The molecule has 1 rings (SSSR count). The lowest BCUT2D eigenvalue weighted by atomic mass is 9.89. The Morgan fingerprint density at radius 1 is 1.15 bits per heavy atom. The van der Waals surface area contributed by atoms with E-state index >= 15 is 0 Å². The summed E-state index contributed by atoms with van der Waals surface area (Å²) in [5.74, 6) is -0.375. The monoisotopic (exact) mass is 382 g/mol. The number of esters is 1. The molecule has 0 aromatic heterocycles. The van der Waals surface area contributed by atoms with Crippen LogP contribution in [0.25, 0.3) is 0 Å². The van der Waals surface area contributed by atoms with Gasteiger partial charge in [-0.25, -0.2) is 0 Å². The maximum atomic E-state index is 10.7. The second kappa shape index (κ2) is 13.9. The van der Waals surface area contributed by atoms with Gasteiger partial charge in [0.15, 0.2) is 0 Å². The van der Waals surface area contributed by atoms with E-state index in [0.29, 0.717) is 19.4 Å². The summed E-state index contributed by atoms with van der Waals surface area (Å²) in [7, 11) is 0. The Morgan fingerprint density at radius 3 is 2.63 bits per heavy atom. The van der Waals surface area contributed by atoms with Gasteiger partial charge in [0.25, 0.3) is 0 Å². The Labute approximate surface area is 164 Å². The zero-order valence-corrected chi connectivity index (χ0v) is 16.9. The Bertz CT molecular complexity index is 460. The van der Waals surface area contributed by atoms with E-state index in [2.05, 4.69) is 19.1 Å². The average molecular weight is 383 g/mol. The standard InChI is InChI=1S/C22H38O5/c1-3-4-8-11-18(24)13-14-20-19(21(25)16-22(20)26)12-9-6-5-7-10-15-27-17(2)23/h6,9,13-14,18-22,24-26H,3-5,7-8,10-12,15-16H2,1-2H3/b9-6-,14-13+/t18-,19+,20+,21-,22+/m0/s1. The molecule has 0 aromatic carbocycles. The summed E-state index contributed by atoms with van der Waals surface area (Å²) >= 11 is 0. The summed E-state index contributed by atoms with van der Waals surface area (Å²) < 4.78 is 4.89. The molecule has 0 unspecified atom stereocenters. The number of hydrogen-bond donors (Lipinski definition) is 3. The van der Waals surface area contributed by atoms with Crippen LogP contribution in [0.2, 0.25) is 0 Å². The lowest BCUT2D eigenvalue weighted by molar-refractivity contribution is -0.141. The molecule has 5 atom stereocenters. The molecule has 0 bridgehead atoms. The lowest BCUT2D eigenvalue weighted by Crippen LogP contribution is -2.20. The number of carbonyl (C=O) groups is 1. The smallest absolute Gasteiger partial charge is 0.302 e. The third-order valence-electron chi connectivity index (χ3n) is 5.22. The maximum Gasteiger partial charge on any atom is 0.302 e. The number of aliphatic hydroxyl groups excluding tert-OH is 3. The van der Waals surface area contributed by atoms with E-state index in [0.717, 1.165) is 44.9 Å². The highest BCUT2D eigenvalue weighted by atomic mass is 16.5. The molecule has 0 radical (unpaired) electrons. The highest BCUT2D eigenvalue weighted by Gasteiger charge is 2.39. The van der Waals surface area contributed by atoms with Crippen molar-refractivity contribution in [2.45, 2.75) is 89.9 Å². The minimum Gasteiger partial charge on any atom is -0.466 e. The van der Waals surface area contributed by atoms with Gasteiger partial charge in [-0.05, 0) is 38.0 Å². The van der Waals surface area contributed by atoms with Crippen molar-refractivity contribution in [3.63, 3.8) is 0 Å². The molecule has 1 aliphatic carbocycles. The molecule has 0 aromatic rings. The molecule has 0 saturated heterocycles. The number of unbranched alkanes of at least 4 members (excludes halogenated alkanes) is 4. The fourth-order valence-corrected chi connectivity index (χ4v) is 3.61. The summed E-state index contributed by atoms with van der Waals surface area (Å²) in [5.41, 5.74) is 0. The number of hydrogen-bond acceptors (Lipinski definition) is 5. The van der Waals surface area contributed by atoms with E-state index in [1.54, 1.807) is 6.08 Å². The topological polar surface area (TPSA) is 87.0 Å². The van der Waals surface area contributed by atoms with Crippen LogP contribution in [0.4, 0.5) is 0 Å². The molecule has 0 spiro atoms. The normalized spacial score (nSPS) is 26.9. The van der Waals surface area contributed by atoms with Gasteiger partial charge >= 0.3 is 5.97 Å². The van der Waals surface area contributed by atoms with E-state index in [9.17, 15) is 20.1 Å². The first kappa shape index (κ1) is 23.9. The molecule has 1 fully saturated rings. The van der Waals surface area contributed by atoms with Crippen molar-refractivity contribution >= 4 is 5.97 Å². The molecule has 0 amide bonds. The molecule has 0 aliphatic heterocycles. The van der Waals surface area contributed by atoms with Crippen molar-refractivity contribution in [3.8, 4) is 0 Å². The molecule has 1 aliphatic rings. The van der Waals surface area contributed by atoms with E-state index in [4.69, 9.17) is 4.74 Å². The quantitative estimate of drug-likeness (QED) is 0.258. The van der Waals surface area contributed by atoms with Crippen molar-refractivity contribution in [2.24, 2.45) is 11.8 Å². The molecule has 3 N–H and O–H groups in total. The van der Waals surface area contributed by atoms with Crippen LogP contribution in [0, 0.1) is 11.8 Å². The first-order valence-corrected chi connectivity index (χ1v) is 10.5. The van der Waals surface area contributed by atoms with Gasteiger partial charge in [0.1, 0.15) is 0 Å². The zero-order chi connectivity index (χ0) is 20.1. The summed E-state index contributed by atoms with van der Waals surface area (Å²) in [4.78, 5) is 10.7. The molecule has 27 heavy (non-hydrogen) atoms. The predicted octanol–water partition coefficient (Wildman–Crippen LogP) is 3.52. The first-order chi connectivity index (χ1) is 13.0. The second-order valence-corrected chi connectivity index (χ2v) is 7.60. The molecule has 5 heteroatoms. The molecular weight excluding hydrogens is 344 g/mol. The van der Waals surface area contributed by atoms with Gasteiger partial charge in [0.05, 0.1) is 24.9 Å². The Kier molecular flexibility index (Phi) is 12.3. The fourth-order valence-electron chi connectivity index (χ4n) is 3.61. The van der Waals surface area contributed by atoms with Crippen LogP contribution in [0.5, 0.6) is 0 Å². The number of aliphatic hydroxyl groups is 3. The summed E-state index contributed by atoms with van der Waals surface area (Å²) in [6.45, 7) is 4.01. The maximum absolute atomic E-state index is 10.7.